The molecule has 0 atom stereocenters. The predicted octanol–water partition coefficient (Wildman–Crippen LogP) is 3.46. The molecule has 0 spiro atoms. The molecular formula is C19H28N6. The predicted molar refractivity (Wildman–Crippen MR) is 107 cm³/mol. The maximum absolute atomic E-state index is 4.77. The smallest absolute Gasteiger partial charge is 0.222 e. The molecule has 6 heteroatoms. The fraction of sp³-hybridized carbons (Fsp3) is 0.474. The summed E-state index contributed by atoms with van der Waals surface area (Å²) >= 11 is 0. The summed E-state index contributed by atoms with van der Waals surface area (Å²) in [5.41, 5.74) is 3.99. The van der Waals surface area contributed by atoms with Crippen LogP contribution in [0.2, 0.25) is 0 Å². The zero-order chi connectivity index (χ0) is 18.1. The van der Waals surface area contributed by atoms with Gasteiger partial charge in [0, 0.05) is 56.8 Å². The molecule has 2 heterocycles. The van der Waals surface area contributed by atoms with E-state index in [0.29, 0.717) is 5.96 Å². The van der Waals surface area contributed by atoms with E-state index in [1.807, 2.05) is 24.0 Å². The second-order valence-electron chi connectivity index (χ2n) is 5.79. The van der Waals surface area contributed by atoms with Gasteiger partial charge >= 0.3 is 0 Å². The summed E-state index contributed by atoms with van der Waals surface area (Å²) in [6, 6.07) is 0. The first-order chi connectivity index (χ1) is 12.2. The molecule has 1 aliphatic heterocycles. The van der Waals surface area contributed by atoms with Crippen molar-refractivity contribution in [2.75, 3.05) is 14.1 Å². The fourth-order valence-electron chi connectivity index (χ4n) is 2.60. The molecule has 6 nitrogen and oxygen atoms in total. The van der Waals surface area contributed by atoms with Gasteiger partial charge in [-0.2, -0.15) is 5.10 Å². The minimum absolute atomic E-state index is 0.611. The summed E-state index contributed by atoms with van der Waals surface area (Å²) < 4.78 is 1.95. The maximum atomic E-state index is 4.77. The van der Waals surface area contributed by atoms with Gasteiger partial charge in [-0.05, 0) is 13.3 Å². The largest absolute Gasteiger partial charge is 0.357 e. The van der Waals surface area contributed by atoms with Gasteiger partial charge in [-0.25, -0.2) is 9.98 Å². The van der Waals surface area contributed by atoms with E-state index in [1.54, 1.807) is 13.2 Å². The van der Waals surface area contributed by atoms with Crippen LogP contribution in [0.4, 0.5) is 0 Å². The average Bonchev–Trinajstić information content (AvgIpc) is 2.91. The third-order valence-electron chi connectivity index (χ3n) is 3.94. The van der Waals surface area contributed by atoms with E-state index >= 15 is 0 Å². The molecule has 0 unspecified atom stereocenters. The van der Waals surface area contributed by atoms with E-state index in [9.17, 15) is 0 Å². The Kier molecular flexibility index (Phi) is 7.32. The zero-order valence-corrected chi connectivity index (χ0v) is 15.7. The zero-order valence-electron chi connectivity index (χ0n) is 15.7. The number of hydrogen-bond donors (Lipinski definition) is 1. The van der Waals surface area contributed by atoms with Crippen molar-refractivity contribution in [3.63, 3.8) is 0 Å². The van der Waals surface area contributed by atoms with E-state index in [2.05, 4.69) is 46.4 Å². The van der Waals surface area contributed by atoms with Gasteiger partial charge < -0.3 is 5.32 Å². The first kappa shape index (κ1) is 18.8. The molecule has 1 N–H and O–H groups in total. The highest BCUT2D eigenvalue weighted by molar-refractivity contribution is 6.16. The molecule has 0 saturated heterocycles. The van der Waals surface area contributed by atoms with E-state index in [-0.39, 0.29) is 0 Å². The van der Waals surface area contributed by atoms with E-state index in [1.165, 1.54) is 6.42 Å². The lowest BCUT2D eigenvalue weighted by atomic mass is 10.0. The molecule has 0 aliphatic carbocycles. The van der Waals surface area contributed by atoms with Crippen molar-refractivity contribution in [2.24, 2.45) is 15.0 Å². The van der Waals surface area contributed by atoms with Gasteiger partial charge in [-0.1, -0.05) is 31.9 Å². The number of unbranched alkanes of at least 4 members (excludes halogenated alkanes) is 2. The molecule has 0 aromatic carbocycles. The number of allylic oxidation sites excluding steroid dienone is 3. The molecule has 0 saturated carbocycles. The first-order valence-electron chi connectivity index (χ1n) is 8.92. The molecule has 0 amide bonds. The van der Waals surface area contributed by atoms with Crippen molar-refractivity contribution in [2.45, 2.75) is 46.1 Å². The topological polar surface area (TPSA) is 66.9 Å². The number of aryl methyl sites for hydroxylation is 1. The van der Waals surface area contributed by atoms with Gasteiger partial charge in [-0.3, -0.25) is 9.67 Å². The van der Waals surface area contributed by atoms with E-state index < -0.39 is 0 Å². The monoisotopic (exact) mass is 340 g/mol. The highest BCUT2D eigenvalue weighted by Gasteiger charge is 2.17. The summed E-state index contributed by atoms with van der Waals surface area (Å²) in [7, 11) is 3.62. The van der Waals surface area contributed by atoms with E-state index in [0.717, 1.165) is 48.3 Å². The van der Waals surface area contributed by atoms with Gasteiger partial charge in [0.05, 0.1) is 5.71 Å². The van der Waals surface area contributed by atoms with Crippen molar-refractivity contribution in [3.05, 3.63) is 35.8 Å². The van der Waals surface area contributed by atoms with Crippen LogP contribution in [0.25, 0.3) is 5.57 Å². The minimum Gasteiger partial charge on any atom is -0.357 e. The van der Waals surface area contributed by atoms with Crippen LogP contribution in [0.3, 0.4) is 0 Å². The Morgan fingerprint density at radius 2 is 2.24 bits per heavy atom. The molecular weight excluding hydrogens is 312 g/mol. The average molecular weight is 340 g/mol. The third kappa shape index (κ3) is 4.98. The number of guanidine groups is 1. The lowest BCUT2D eigenvalue weighted by molar-refractivity contribution is 0.657. The van der Waals surface area contributed by atoms with E-state index in [4.69, 9.17) is 5.10 Å². The quantitative estimate of drug-likeness (QED) is 0.610. The summed E-state index contributed by atoms with van der Waals surface area (Å²) in [5.74, 6) is 0.611. The van der Waals surface area contributed by atoms with Crippen LogP contribution in [0.5, 0.6) is 0 Å². The Morgan fingerprint density at radius 1 is 1.40 bits per heavy atom. The molecule has 1 aliphatic rings. The summed E-state index contributed by atoms with van der Waals surface area (Å²) in [5, 5.41) is 7.80. The molecule has 0 bridgehead atoms. The lowest BCUT2D eigenvalue weighted by Crippen LogP contribution is -2.17. The molecule has 1 aromatic heterocycles. The highest BCUT2D eigenvalue weighted by atomic mass is 15.3. The van der Waals surface area contributed by atoms with Gasteiger partial charge in [0.15, 0.2) is 0 Å². The SMILES string of the molecule is CCCCC=C(/C=N\C)c1nn(CC)cc1C1=NC(NC)=NC=CC1. The number of rotatable bonds is 7. The van der Waals surface area contributed by atoms with Crippen molar-refractivity contribution >= 4 is 23.5 Å². The molecule has 25 heavy (non-hydrogen) atoms. The molecule has 1 aromatic rings. The summed E-state index contributed by atoms with van der Waals surface area (Å²) in [6.07, 6.45) is 14.1. The number of aromatic nitrogens is 2. The third-order valence-corrected chi connectivity index (χ3v) is 3.94. The molecule has 134 valence electrons. The van der Waals surface area contributed by atoms with Gasteiger partial charge in [-0.15, -0.1) is 0 Å². The number of nitrogens with zero attached hydrogens (tertiary/aromatic N) is 5. The number of hydrogen-bond acceptors (Lipinski definition) is 5. The number of nitrogens with one attached hydrogen (secondary N) is 1. The van der Waals surface area contributed by atoms with Crippen molar-refractivity contribution < 1.29 is 0 Å². The van der Waals surface area contributed by atoms with Crippen molar-refractivity contribution in [1.82, 2.24) is 15.1 Å². The second-order valence-corrected chi connectivity index (χ2v) is 5.79. The van der Waals surface area contributed by atoms with Crippen molar-refractivity contribution in [1.29, 1.82) is 0 Å². The molecule has 0 radical (unpaired) electrons. The highest BCUT2D eigenvalue weighted by Crippen LogP contribution is 2.21. The van der Waals surface area contributed by atoms with Gasteiger partial charge in [0.1, 0.15) is 5.69 Å². The summed E-state index contributed by atoms with van der Waals surface area (Å²) in [4.78, 5) is 13.2. The second kappa shape index (κ2) is 9.71. The van der Waals surface area contributed by atoms with Crippen molar-refractivity contribution in [3.8, 4) is 0 Å². The Balaban J connectivity index is 2.50. The molecule has 2 rings (SSSR count). The van der Waals surface area contributed by atoms with Crippen LogP contribution < -0.4 is 5.32 Å². The minimum atomic E-state index is 0.611. The van der Waals surface area contributed by atoms with Crippen LogP contribution in [0.15, 0.2) is 39.5 Å². The number of aliphatic imine (C=N–C) groups is 3. The Labute approximate surface area is 150 Å². The summed E-state index contributed by atoms with van der Waals surface area (Å²) in [6.45, 7) is 5.10. The van der Waals surface area contributed by atoms with Crippen LogP contribution >= 0.6 is 0 Å². The first-order valence-corrected chi connectivity index (χ1v) is 8.92. The lowest BCUT2D eigenvalue weighted by Gasteiger charge is -2.06. The van der Waals surface area contributed by atoms with Crippen LogP contribution in [-0.2, 0) is 6.54 Å². The Morgan fingerprint density at radius 3 is 2.92 bits per heavy atom. The molecule has 0 fully saturated rings. The Hall–Kier alpha value is -2.50. The fourth-order valence-corrected chi connectivity index (χ4v) is 2.60. The standard InChI is InChI=1S/C19H28N6/c1-5-7-8-10-15(13-20-3)18-16(14-25(6-2)24-18)17-11-9-12-22-19(21-4)23-17/h9-10,12-14H,5-8,11H2,1-4H3,(H,21,22)/b15-10?,20-13-. The Bertz CT molecular complexity index is 718. The van der Waals surface area contributed by atoms with Gasteiger partial charge in [0.2, 0.25) is 5.96 Å². The van der Waals surface area contributed by atoms with Crippen LogP contribution in [-0.4, -0.2) is 41.8 Å². The van der Waals surface area contributed by atoms with Crippen LogP contribution in [0.1, 0.15) is 50.8 Å². The maximum Gasteiger partial charge on any atom is 0.222 e. The van der Waals surface area contributed by atoms with Gasteiger partial charge in [0.25, 0.3) is 0 Å². The van der Waals surface area contributed by atoms with Crippen LogP contribution in [0, 0.1) is 0 Å². The normalized spacial score (nSPS) is 15.3.